The van der Waals surface area contributed by atoms with E-state index in [1.165, 1.54) is 0 Å². The zero-order chi connectivity index (χ0) is 13.0. The molecule has 0 bridgehead atoms. The van der Waals surface area contributed by atoms with Crippen molar-refractivity contribution in [2.24, 2.45) is 5.73 Å². The van der Waals surface area contributed by atoms with Gasteiger partial charge in [0.25, 0.3) is 0 Å². The molecule has 18 heavy (non-hydrogen) atoms. The topological polar surface area (TPSA) is 55.6 Å². The van der Waals surface area contributed by atoms with Crippen LogP contribution in [-0.4, -0.2) is 37.0 Å². The van der Waals surface area contributed by atoms with Crippen LogP contribution in [0.3, 0.4) is 0 Å². The molecule has 1 aliphatic rings. The molecule has 1 atom stereocenters. The van der Waals surface area contributed by atoms with Gasteiger partial charge in [0.05, 0.1) is 7.11 Å². The Balaban J connectivity index is 1.99. The van der Waals surface area contributed by atoms with Crippen LogP contribution in [0.2, 0.25) is 0 Å². The fourth-order valence-electron chi connectivity index (χ4n) is 2.01. The molecule has 0 aliphatic carbocycles. The van der Waals surface area contributed by atoms with Gasteiger partial charge in [-0.15, -0.1) is 0 Å². The molecule has 1 saturated heterocycles. The van der Waals surface area contributed by atoms with Gasteiger partial charge in [0.15, 0.2) is 0 Å². The van der Waals surface area contributed by atoms with E-state index in [2.05, 4.69) is 0 Å². The largest absolute Gasteiger partial charge is 0.497 e. The number of nitrogens with zero attached hydrogens (tertiary/aromatic N) is 1. The van der Waals surface area contributed by atoms with Crippen LogP contribution >= 0.6 is 0 Å². The molecule has 0 unspecified atom stereocenters. The first-order chi connectivity index (χ1) is 8.69. The van der Waals surface area contributed by atoms with Crippen LogP contribution in [0.1, 0.15) is 12.0 Å². The summed E-state index contributed by atoms with van der Waals surface area (Å²) in [6.45, 7) is 1.41. The van der Waals surface area contributed by atoms with Gasteiger partial charge in [-0.3, -0.25) is 4.79 Å². The third kappa shape index (κ3) is 3.11. The first-order valence-corrected chi connectivity index (χ1v) is 6.05. The predicted molar refractivity (Wildman–Crippen MR) is 71.2 cm³/mol. The van der Waals surface area contributed by atoms with E-state index in [4.69, 9.17) is 10.5 Å². The normalized spacial score (nSPS) is 19.4. The van der Waals surface area contributed by atoms with Gasteiger partial charge in [0, 0.05) is 25.2 Å². The van der Waals surface area contributed by atoms with E-state index >= 15 is 0 Å². The van der Waals surface area contributed by atoms with Gasteiger partial charge in [-0.1, -0.05) is 12.1 Å². The van der Waals surface area contributed by atoms with E-state index in [1.54, 1.807) is 24.2 Å². The predicted octanol–water partition coefficient (Wildman–Crippen LogP) is 1.27. The number of methoxy groups -OCH3 is 1. The standard InChI is InChI=1S/C14H18N2O2/c1-18-13-4-2-3-11(9-13)5-6-14(17)16-8-7-12(15)10-16/h2-6,9,12H,7-8,10,15H2,1H3/t12-/m1/s1. The Morgan fingerprint density at radius 3 is 3.06 bits per heavy atom. The summed E-state index contributed by atoms with van der Waals surface area (Å²) in [5.74, 6) is 0.804. The van der Waals surface area contributed by atoms with Crippen molar-refractivity contribution >= 4 is 12.0 Å². The lowest BCUT2D eigenvalue weighted by Crippen LogP contribution is -2.30. The second kappa shape index (κ2) is 5.69. The third-order valence-electron chi connectivity index (χ3n) is 3.05. The van der Waals surface area contributed by atoms with Crippen molar-refractivity contribution in [2.75, 3.05) is 20.2 Å². The Bertz CT molecular complexity index is 457. The third-order valence-corrected chi connectivity index (χ3v) is 3.05. The van der Waals surface area contributed by atoms with E-state index < -0.39 is 0 Å². The maximum atomic E-state index is 11.9. The van der Waals surface area contributed by atoms with Gasteiger partial charge in [-0.05, 0) is 30.2 Å². The lowest BCUT2D eigenvalue weighted by molar-refractivity contribution is -0.124. The minimum atomic E-state index is 0.0192. The fourth-order valence-corrected chi connectivity index (χ4v) is 2.01. The summed E-state index contributed by atoms with van der Waals surface area (Å²) in [7, 11) is 1.62. The Labute approximate surface area is 107 Å². The maximum absolute atomic E-state index is 11.9. The summed E-state index contributed by atoms with van der Waals surface area (Å²) in [6, 6.07) is 7.72. The Hall–Kier alpha value is -1.81. The summed E-state index contributed by atoms with van der Waals surface area (Å²) in [4.78, 5) is 13.7. The number of amides is 1. The molecule has 2 N–H and O–H groups in total. The molecule has 0 spiro atoms. The molecule has 96 valence electrons. The lowest BCUT2D eigenvalue weighted by atomic mass is 10.2. The zero-order valence-corrected chi connectivity index (χ0v) is 10.5. The average Bonchev–Trinajstić information content (AvgIpc) is 2.83. The quantitative estimate of drug-likeness (QED) is 0.817. The smallest absolute Gasteiger partial charge is 0.246 e. The number of nitrogens with two attached hydrogens (primary N) is 1. The SMILES string of the molecule is COc1cccc(C=CC(=O)N2CC[C@@H](N)C2)c1. The molecule has 1 heterocycles. The van der Waals surface area contributed by atoms with Crippen molar-refractivity contribution in [3.63, 3.8) is 0 Å². The molecule has 2 rings (SSSR count). The molecule has 1 amide bonds. The van der Waals surface area contributed by atoms with Crippen LogP contribution in [0.15, 0.2) is 30.3 Å². The van der Waals surface area contributed by atoms with Crippen molar-refractivity contribution in [2.45, 2.75) is 12.5 Å². The van der Waals surface area contributed by atoms with E-state index in [0.717, 1.165) is 24.3 Å². The van der Waals surface area contributed by atoms with Gasteiger partial charge >= 0.3 is 0 Å². The molecular weight excluding hydrogens is 228 g/mol. The summed E-state index contributed by atoms with van der Waals surface area (Å²) < 4.78 is 5.13. The number of ether oxygens (including phenoxy) is 1. The van der Waals surface area contributed by atoms with E-state index in [0.29, 0.717) is 6.54 Å². The van der Waals surface area contributed by atoms with Crippen LogP contribution in [-0.2, 0) is 4.79 Å². The monoisotopic (exact) mass is 246 g/mol. The van der Waals surface area contributed by atoms with Crippen LogP contribution in [0.5, 0.6) is 5.75 Å². The van der Waals surface area contributed by atoms with Crippen LogP contribution in [0.25, 0.3) is 6.08 Å². The van der Waals surface area contributed by atoms with Crippen molar-refractivity contribution in [1.82, 2.24) is 4.90 Å². The van der Waals surface area contributed by atoms with Gasteiger partial charge in [0.2, 0.25) is 5.91 Å². The summed E-state index contributed by atoms with van der Waals surface area (Å²) in [6.07, 6.45) is 4.28. The number of hydrogen-bond donors (Lipinski definition) is 1. The van der Waals surface area contributed by atoms with E-state index in [-0.39, 0.29) is 11.9 Å². The summed E-state index contributed by atoms with van der Waals surface area (Å²) in [5.41, 5.74) is 6.72. The van der Waals surface area contributed by atoms with Crippen molar-refractivity contribution < 1.29 is 9.53 Å². The highest BCUT2D eigenvalue weighted by molar-refractivity contribution is 5.92. The molecular formula is C14H18N2O2. The highest BCUT2D eigenvalue weighted by Gasteiger charge is 2.21. The van der Waals surface area contributed by atoms with E-state index in [1.807, 2.05) is 24.3 Å². The highest BCUT2D eigenvalue weighted by Crippen LogP contribution is 2.14. The number of benzene rings is 1. The summed E-state index contributed by atoms with van der Waals surface area (Å²) in [5, 5.41) is 0. The van der Waals surface area contributed by atoms with Crippen molar-refractivity contribution in [1.29, 1.82) is 0 Å². The van der Waals surface area contributed by atoms with Gasteiger partial charge in [0.1, 0.15) is 5.75 Å². The Kier molecular flexibility index (Phi) is 3.99. The fraction of sp³-hybridized carbons (Fsp3) is 0.357. The van der Waals surface area contributed by atoms with Gasteiger partial charge in [-0.25, -0.2) is 0 Å². The molecule has 1 aliphatic heterocycles. The number of carbonyl (C=O) groups is 1. The molecule has 1 fully saturated rings. The number of likely N-dealkylation sites (tertiary alicyclic amines) is 1. The van der Waals surface area contributed by atoms with Crippen LogP contribution < -0.4 is 10.5 Å². The molecule has 1 aromatic rings. The first-order valence-electron chi connectivity index (χ1n) is 6.05. The van der Waals surface area contributed by atoms with Gasteiger partial charge < -0.3 is 15.4 Å². The minimum absolute atomic E-state index is 0.0192. The Morgan fingerprint density at radius 2 is 2.39 bits per heavy atom. The van der Waals surface area contributed by atoms with Gasteiger partial charge in [-0.2, -0.15) is 0 Å². The molecule has 1 aromatic carbocycles. The highest BCUT2D eigenvalue weighted by atomic mass is 16.5. The molecule has 0 saturated carbocycles. The first kappa shape index (κ1) is 12.6. The molecule has 0 radical (unpaired) electrons. The van der Waals surface area contributed by atoms with Crippen LogP contribution in [0.4, 0.5) is 0 Å². The number of carbonyl (C=O) groups excluding carboxylic acids is 1. The molecule has 4 nitrogen and oxygen atoms in total. The average molecular weight is 246 g/mol. The number of rotatable bonds is 3. The minimum Gasteiger partial charge on any atom is -0.497 e. The molecule has 4 heteroatoms. The van der Waals surface area contributed by atoms with Crippen molar-refractivity contribution in [3.8, 4) is 5.75 Å². The number of hydrogen-bond acceptors (Lipinski definition) is 3. The summed E-state index contributed by atoms with van der Waals surface area (Å²) >= 11 is 0. The zero-order valence-electron chi connectivity index (χ0n) is 10.5. The second-order valence-corrected chi connectivity index (χ2v) is 4.44. The van der Waals surface area contributed by atoms with E-state index in [9.17, 15) is 4.79 Å². The second-order valence-electron chi connectivity index (χ2n) is 4.44. The van der Waals surface area contributed by atoms with Crippen LogP contribution in [0, 0.1) is 0 Å². The van der Waals surface area contributed by atoms with Crippen molar-refractivity contribution in [3.05, 3.63) is 35.9 Å². The maximum Gasteiger partial charge on any atom is 0.246 e. The Morgan fingerprint density at radius 1 is 1.56 bits per heavy atom. The molecule has 0 aromatic heterocycles. The lowest BCUT2D eigenvalue weighted by Gasteiger charge is -2.12.